The Morgan fingerprint density at radius 1 is 0.800 bits per heavy atom. The van der Waals surface area contributed by atoms with E-state index in [4.69, 9.17) is 49.0 Å². The van der Waals surface area contributed by atoms with Crippen LogP contribution in [0.25, 0.3) is 22.3 Å². The Bertz CT molecular complexity index is 3030. The van der Waals surface area contributed by atoms with Crippen LogP contribution >= 0.6 is 0 Å². The Labute approximate surface area is 465 Å². The van der Waals surface area contributed by atoms with Gasteiger partial charge < -0.3 is 64.2 Å². The Morgan fingerprint density at radius 2 is 1.49 bits per heavy atom. The van der Waals surface area contributed by atoms with E-state index in [1.807, 2.05) is 71.1 Å². The van der Waals surface area contributed by atoms with Crippen LogP contribution in [0.3, 0.4) is 0 Å². The third-order valence-corrected chi connectivity index (χ3v) is 14.3. The number of nitrogen functional groups attached to an aromatic ring is 1. The fourth-order valence-corrected chi connectivity index (χ4v) is 10.2. The molecule has 5 heterocycles. The molecular weight excluding hydrogens is 1020 g/mol. The van der Waals surface area contributed by atoms with E-state index in [1.165, 1.54) is 6.33 Å². The molecule has 424 valence electrons. The summed E-state index contributed by atoms with van der Waals surface area (Å²) in [5.41, 5.74) is 10.3. The van der Waals surface area contributed by atoms with Gasteiger partial charge in [-0.3, -0.25) is 14.4 Å². The highest BCUT2D eigenvalue weighted by Gasteiger charge is 2.41. The first-order valence-electron chi connectivity index (χ1n) is 27.5. The predicted molar refractivity (Wildman–Crippen MR) is 303 cm³/mol. The molecule has 0 radical (unpaired) electrons. The number of ether oxygens (including phenoxy) is 7. The number of benzene rings is 3. The molecule has 1 aliphatic carbocycles. The predicted octanol–water partition coefficient (Wildman–Crippen LogP) is 7.15. The average Bonchev–Trinajstić information content (AvgIpc) is 4.29. The molecule has 22 heteroatoms. The lowest BCUT2D eigenvalue weighted by Gasteiger charge is -2.43. The molecule has 2 aliphatic heterocycles. The number of methoxy groups -OCH3 is 1. The second-order valence-corrected chi connectivity index (χ2v) is 19.6. The molecule has 0 bridgehead atoms. The monoisotopic (exact) mass is 1100 g/mol. The van der Waals surface area contributed by atoms with Gasteiger partial charge in [-0.15, -0.1) is 0 Å². The number of nitrogens with two attached hydrogens (primary N) is 1. The minimum absolute atomic E-state index is 0.0586. The molecule has 9 rings (SSSR count). The first-order valence-corrected chi connectivity index (χ1v) is 27.5. The van der Waals surface area contributed by atoms with Gasteiger partial charge in [0.05, 0.1) is 96.5 Å². The van der Waals surface area contributed by atoms with Crippen molar-refractivity contribution in [1.29, 1.82) is 0 Å². The van der Waals surface area contributed by atoms with E-state index in [0.29, 0.717) is 142 Å². The quantitative estimate of drug-likeness (QED) is 0.0326. The van der Waals surface area contributed by atoms with Crippen LogP contribution < -0.4 is 35.6 Å². The topological polar surface area (TPSA) is 245 Å². The summed E-state index contributed by atoms with van der Waals surface area (Å²) in [6, 6.07) is 22.3. The summed E-state index contributed by atoms with van der Waals surface area (Å²) < 4.78 is 41.6. The number of aromatic nitrogens is 6. The van der Waals surface area contributed by atoms with Crippen molar-refractivity contribution >= 4 is 57.7 Å². The molecule has 2 fully saturated rings. The fourth-order valence-electron chi connectivity index (χ4n) is 10.2. The molecular formula is C58H72N12O10. The lowest BCUT2D eigenvalue weighted by atomic mass is 10.0. The van der Waals surface area contributed by atoms with Gasteiger partial charge in [-0.05, 0) is 86.7 Å². The van der Waals surface area contributed by atoms with E-state index in [9.17, 15) is 14.4 Å². The molecule has 3 aromatic heterocycles. The number of hydrogen-bond donors (Lipinski definition) is 3. The van der Waals surface area contributed by atoms with Crippen LogP contribution in [0, 0.1) is 0 Å². The van der Waals surface area contributed by atoms with E-state index in [2.05, 4.69) is 30.5 Å². The van der Waals surface area contributed by atoms with Crippen LogP contribution in [0.1, 0.15) is 68.3 Å². The van der Waals surface area contributed by atoms with E-state index >= 15 is 0 Å². The largest absolute Gasteiger partial charge is 0.495 e. The number of amides is 3. The van der Waals surface area contributed by atoms with Crippen molar-refractivity contribution in [1.82, 2.24) is 39.9 Å². The zero-order valence-electron chi connectivity index (χ0n) is 45.8. The number of carbonyl (C=O) groups is 3. The normalized spacial score (nSPS) is 16.6. The Hall–Kier alpha value is -7.76. The smallest absolute Gasteiger partial charge is 0.251 e. The summed E-state index contributed by atoms with van der Waals surface area (Å²) >= 11 is 0. The molecule has 3 aromatic carbocycles. The summed E-state index contributed by atoms with van der Waals surface area (Å²) in [5.74, 6) is 3.06. The van der Waals surface area contributed by atoms with E-state index in [0.717, 1.165) is 55.7 Å². The summed E-state index contributed by atoms with van der Waals surface area (Å²) in [6.07, 6.45) is 13.1. The molecule has 2 atom stereocenters. The third kappa shape index (κ3) is 14.3. The van der Waals surface area contributed by atoms with E-state index in [1.54, 1.807) is 55.6 Å². The first kappa shape index (κ1) is 56.9. The minimum atomic E-state index is -0.273. The van der Waals surface area contributed by atoms with E-state index in [-0.39, 0.29) is 42.5 Å². The van der Waals surface area contributed by atoms with Crippen LogP contribution in [0.5, 0.6) is 17.2 Å². The SMILES string of the molecule is CCC1C(=O)N(C)c2cnc(Nc3ccc(C(=O)NCCOCCOCCOCCOCCOC/C=C/C(=O)N4CCC[C@@H](n5nc(-c6ccc(Oc7ccccc7)cc6)c6c(N)ncnc65)C4)cc3OC)nc2N1C1CCCC1. The lowest BCUT2D eigenvalue weighted by Crippen LogP contribution is -2.55. The zero-order valence-corrected chi connectivity index (χ0v) is 45.8. The molecule has 3 amide bonds. The first-order chi connectivity index (χ1) is 39.2. The highest BCUT2D eigenvalue weighted by Crippen LogP contribution is 2.41. The van der Waals surface area contributed by atoms with Crippen LogP contribution in [-0.4, -0.2) is 164 Å². The Morgan fingerprint density at radius 3 is 2.20 bits per heavy atom. The van der Waals surface area contributed by atoms with Gasteiger partial charge in [0.2, 0.25) is 17.8 Å². The molecule has 1 saturated heterocycles. The van der Waals surface area contributed by atoms with Gasteiger partial charge in [-0.1, -0.05) is 44.0 Å². The van der Waals surface area contributed by atoms with Gasteiger partial charge in [0.25, 0.3) is 5.91 Å². The second kappa shape index (κ2) is 28.4. The summed E-state index contributed by atoms with van der Waals surface area (Å²) in [6.45, 7) is 7.19. The number of para-hydroxylation sites is 1. The van der Waals surface area contributed by atoms with Gasteiger partial charge >= 0.3 is 0 Å². The van der Waals surface area contributed by atoms with Crippen molar-refractivity contribution in [2.24, 2.45) is 0 Å². The molecule has 1 saturated carbocycles. The van der Waals surface area contributed by atoms with Crippen molar-refractivity contribution in [3.8, 4) is 28.5 Å². The maximum absolute atomic E-state index is 13.3. The number of likely N-dealkylation sites (N-methyl/N-ethyl adjacent to an activating group) is 1. The van der Waals surface area contributed by atoms with Crippen molar-refractivity contribution in [3.63, 3.8) is 0 Å². The molecule has 1 unspecified atom stereocenters. The molecule has 4 N–H and O–H groups in total. The van der Waals surface area contributed by atoms with Crippen molar-refractivity contribution in [2.45, 2.75) is 70.0 Å². The molecule has 0 spiro atoms. The molecule has 6 aromatic rings. The van der Waals surface area contributed by atoms with Crippen molar-refractivity contribution in [3.05, 3.63) is 103 Å². The number of nitrogens with zero attached hydrogens (tertiary/aromatic N) is 9. The van der Waals surface area contributed by atoms with Crippen LogP contribution in [0.2, 0.25) is 0 Å². The second-order valence-electron chi connectivity index (χ2n) is 19.6. The maximum Gasteiger partial charge on any atom is 0.251 e. The number of fused-ring (bicyclic) bond motifs is 2. The lowest BCUT2D eigenvalue weighted by molar-refractivity contribution is -0.127. The third-order valence-electron chi connectivity index (χ3n) is 14.3. The van der Waals surface area contributed by atoms with E-state index < -0.39 is 0 Å². The zero-order chi connectivity index (χ0) is 55.6. The number of nitrogens with one attached hydrogen (secondary N) is 2. The number of rotatable bonds is 28. The highest BCUT2D eigenvalue weighted by molar-refractivity contribution is 6.04. The number of piperidine rings is 1. The number of likely N-dealkylation sites (tertiary alicyclic amines) is 1. The van der Waals surface area contributed by atoms with Gasteiger partial charge in [0, 0.05) is 49.9 Å². The summed E-state index contributed by atoms with van der Waals surface area (Å²) in [4.78, 5) is 63.5. The highest BCUT2D eigenvalue weighted by atomic mass is 16.6. The molecule has 80 heavy (non-hydrogen) atoms. The van der Waals surface area contributed by atoms with Crippen molar-refractivity contribution < 1.29 is 47.5 Å². The number of carbonyl (C=O) groups excluding carboxylic acids is 3. The van der Waals surface area contributed by atoms with Gasteiger partial charge in [-0.2, -0.15) is 10.1 Å². The number of hydrogen-bond acceptors (Lipinski definition) is 18. The van der Waals surface area contributed by atoms with Crippen LogP contribution in [0.15, 0.2) is 97.5 Å². The van der Waals surface area contributed by atoms with Crippen LogP contribution in [0.4, 0.5) is 29.0 Å². The standard InChI is InChI=1S/C58H72N12O10/c1-4-47-57(73)67(2)48-37-61-58(65-54(48)69(47)42-12-8-9-13-42)64-46-23-20-41(36-49(46)74-3)56(72)60-24-27-76-29-31-78-33-35-79-34-32-77-30-28-75-26-11-17-50(71)68-25-10-14-43(38-68)70-55-51(53(59)62-39-63-55)52(66-70)40-18-21-45(22-19-40)80-44-15-6-5-7-16-44/h5-7,11,15-23,36-37,39,42-43,47H,4,8-10,12-14,24-35,38H2,1-3H3,(H,60,72)(H2,59,62,63)(H,61,64,65)/b17-11+/t43-,47?/m1/s1. The maximum atomic E-state index is 13.3. The minimum Gasteiger partial charge on any atom is -0.495 e. The molecule has 3 aliphatic rings. The summed E-state index contributed by atoms with van der Waals surface area (Å²) in [5, 5.41) is 11.8. The van der Waals surface area contributed by atoms with Gasteiger partial charge in [0.15, 0.2) is 11.5 Å². The van der Waals surface area contributed by atoms with Gasteiger partial charge in [-0.25, -0.2) is 19.6 Å². The van der Waals surface area contributed by atoms with Crippen molar-refractivity contribution in [2.75, 3.05) is 121 Å². The summed E-state index contributed by atoms with van der Waals surface area (Å²) in [7, 11) is 3.32. The Kier molecular flexibility index (Phi) is 20.2. The van der Waals surface area contributed by atoms with Gasteiger partial charge in [0.1, 0.15) is 46.8 Å². The molecule has 22 nitrogen and oxygen atoms in total. The average molecular weight is 1100 g/mol. The van der Waals surface area contributed by atoms with Crippen LogP contribution in [-0.2, 0) is 33.3 Å². The Balaban J connectivity index is 0.595. The number of anilines is 5. The fraction of sp³-hybridized carbons (Fsp3) is 0.448.